The molecule has 1 saturated heterocycles. The summed E-state index contributed by atoms with van der Waals surface area (Å²) in [6, 6.07) is 8.44. The van der Waals surface area contributed by atoms with Gasteiger partial charge in [0.15, 0.2) is 5.71 Å². The Morgan fingerprint density at radius 2 is 1.95 bits per heavy atom. The number of hydrogen-bond donors (Lipinski definition) is 1. The minimum Gasteiger partial charge on any atom is -0.385 e. The van der Waals surface area contributed by atoms with E-state index in [9.17, 15) is 0 Å². The molecule has 0 saturated carbocycles. The molecular weight excluding hydrogens is 290 g/mol. The second-order valence-corrected chi connectivity index (χ2v) is 6.55. The van der Waals surface area contributed by atoms with Gasteiger partial charge in [-0.2, -0.15) is 0 Å². The summed E-state index contributed by atoms with van der Waals surface area (Å²) in [5, 5.41) is 4.42. The Balaban J connectivity index is 1.73. The van der Waals surface area contributed by atoms with Gasteiger partial charge < -0.3 is 5.32 Å². The molecule has 0 aromatic heterocycles. The lowest BCUT2D eigenvalue weighted by Crippen LogP contribution is -2.11. The smallest absolute Gasteiger partial charge is 0.360 e. The monoisotopic (exact) mass is 312 g/mol. The molecule has 3 nitrogen and oxygen atoms in total. The molecule has 1 aromatic rings. The molecule has 2 aliphatic rings. The third-order valence-corrected chi connectivity index (χ3v) is 4.81. The standard InChI is InChI=1S/C18H21N3S/c1-3-19-16-9-6-15(7-10-16)8-11-17-14(2)22-18(20-17)21-12-4-5-13-21/h6-11H,2-5,12-13H2,1H3/p+1. The van der Waals surface area contributed by atoms with E-state index in [0.29, 0.717) is 0 Å². The number of thioether (sulfide) groups is 1. The van der Waals surface area contributed by atoms with Crippen molar-refractivity contribution in [1.29, 1.82) is 0 Å². The summed E-state index contributed by atoms with van der Waals surface area (Å²) in [7, 11) is 0. The van der Waals surface area contributed by atoms with E-state index in [1.54, 1.807) is 11.8 Å². The van der Waals surface area contributed by atoms with E-state index in [4.69, 9.17) is 4.99 Å². The highest BCUT2D eigenvalue weighted by atomic mass is 32.2. The molecule has 2 heterocycles. The second kappa shape index (κ2) is 6.97. The Bertz CT molecular complexity index is 645. The number of hydrogen-bond acceptors (Lipinski definition) is 2. The molecule has 0 bridgehead atoms. The van der Waals surface area contributed by atoms with Gasteiger partial charge in [0.2, 0.25) is 0 Å². The van der Waals surface area contributed by atoms with Crippen molar-refractivity contribution in [2.75, 3.05) is 25.0 Å². The van der Waals surface area contributed by atoms with Crippen molar-refractivity contribution in [2.45, 2.75) is 19.8 Å². The van der Waals surface area contributed by atoms with Crippen LogP contribution in [0.4, 0.5) is 5.69 Å². The molecule has 0 spiro atoms. The Morgan fingerprint density at radius 1 is 1.23 bits per heavy atom. The van der Waals surface area contributed by atoms with Crippen LogP contribution in [0.3, 0.4) is 0 Å². The summed E-state index contributed by atoms with van der Waals surface area (Å²) < 4.78 is 2.36. The number of nitrogens with one attached hydrogen (secondary N) is 1. The highest BCUT2D eigenvalue weighted by molar-refractivity contribution is 8.18. The molecule has 0 atom stereocenters. The lowest BCUT2D eigenvalue weighted by atomic mass is 10.1. The fraction of sp³-hybridized carbons (Fsp3) is 0.333. The molecule has 0 amide bonds. The molecule has 114 valence electrons. The molecule has 0 radical (unpaired) electrons. The van der Waals surface area contributed by atoms with Crippen LogP contribution in [0.15, 0.2) is 46.8 Å². The Kier molecular flexibility index (Phi) is 4.78. The number of aliphatic imine (C=N–C) groups is 1. The molecule has 22 heavy (non-hydrogen) atoms. The molecule has 1 fully saturated rings. The highest BCUT2D eigenvalue weighted by Gasteiger charge is 2.29. The third-order valence-electron chi connectivity index (χ3n) is 3.82. The quantitative estimate of drug-likeness (QED) is 0.851. The number of anilines is 1. The van der Waals surface area contributed by atoms with Crippen molar-refractivity contribution in [1.82, 2.24) is 0 Å². The summed E-state index contributed by atoms with van der Waals surface area (Å²) >= 11 is 1.70. The van der Waals surface area contributed by atoms with Crippen LogP contribution in [0, 0.1) is 0 Å². The zero-order chi connectivity index (χ0) is 15.4. The van der Waals surface area contributed by atoms with Gasteiger partial charge in [-0.05, 0) is 48.5 Å². The number of nitrogens with zero attached hydrogens (tertiary/aromatic N) is 2. The van der Waals surface area contributed by atoms with E-state index >= 15 is 0 Å². The van der Waals surface area contributed by atoms with Crippen molar-refractivity contribution in [3.63, 3.8) is 0 Å². The third kappa shape index (κ3) is 3.50. The largest absolute Gasteiger partial charge is 0.385 e. The van der Waals surface area contributed by atoms with Gasteiger partial charge in [-0.25, -0.2) is 0 Å². The minimum atomic E-state index is 0.943. The van der Waals surface area contributed by atoms with Gasteiger partial charge >= 0.3 is 5.17 Å². The summed E-state index contributed by atoms with van der Waals surface area (Å²) in [6.07, 6.45) is 6.72. The first-order chi connectivity index (χ1) is 10.8. The topological polar surface area (TPSA) is 27.4 Å². The van der Waals surface area contributed by atoms with Crippen LogP contribution >= 0.6 is 11.8 Å². The zero-order valence-electron chi connectivity index (χ0n) is 13.0. The first-order valence-electron chi connectivity index (χ1n) is 7.86. The molecular formula is C18H22N3S+. The second-order valence-electron chi connectivity index (χ2n) is 5.48. The van der Waals surface area contributed by atoms with Crippen molar-refractivity contribution < 1.29 is 4.58 Å². The summed E-state index contributed by atoms with van der Waals surface area (Å²) in [5.41, 5.74) is 3.32. The zero-order valence-corrected chi connectivity index (χ0v) is 13.8. The molecule has 4 heteroatoms. The molecule has 1 aromatic carbocycles. The predicted octanol–water partition coefficient (Wildman–Crippen LogP) is 4.00. The van der Waals surface area contributed by atoms with E-state index in [2.05, 4.69) is 59.8 Å². The first kappa shape index (κ1) is 15.1. The lowest BCUT2D eigenvalue weighted by molar-refractivity contribution is -0.503. The van der Waals surface area contributed by atoms with Crippen molar-refractivity contribution in [3.8, 4) is 0 Å². The highest BCUT2D eigenvalue weighted by Crippen LogP contribution is 2.27. The van der Waals surface area contributed by atoms with Crippen molar-refractivity contribution >= 4 is 34.4 Å². The number of rotatable bonds is 4. The SMILES string of the molecule is C=C1SC(=[N+]2CCCC2)N=C1/C=C/c1ccc(NCC)cc1. The Morgan fingerprint density at radius 3 is 2.64 bits per heavy atom. The van der Waals surface area contributed by atoms with Gasteiger partial charge in [0.1, 0.15) is 0 Å². The summed E-state index contributed by atoms with van der Waals surface area (Å²) in [4.78, 5) is 5.78. The van der Waals surface area contributed by atoms with Crippen LogP contribution in [0.25, 0.3) is 6.08 Å². The number of benzene rings is 1. The maximum absolute atomic E-state index is 4.74. The molecule has 0 aliphatic carbocycles. The molecule has 2 aliphatic heterocycles. The fourth-order valence-electron chi connectivity index (χ4n) is 2.62. The van der Waals surface area contributed by atoms with Gasteiger partial charge in [0.25, 0.3) is 0 Å². The van der Waals surface area contributed by atoms with E-state index in [1.165, 1.54) is 18.4 Å². The van der Waals surface area contributed by atoms with Gasteiger partial charge in [0.05, 0.1) is 18.0 Å². The minimum absolute atomic E-state index is 0.943. The summed E-state index contributed by atoms with van der Waals surface area (Å²) in [6.45, 7) is 9.43. The van der Waals surface area contributed by atoms with E-state index < -0.39 is 0 Å². The van der Waals surface area contributed by atoms with E-state index in [0.717, 1.165) is 41.1 Å². The van der Waals surface area contributed by atoms with Crippen molar-refractivity contribution in [3.05, 3.63) is 47.4 Å². The number of amidine groups is 1. The van der Waals surface area contributed by atoms with Crippen LogP contribution < -0.4 is 5.32 Å². The molecule has 0 unspecified atom stereocenters. The van der Waals surface area contributed by atoms with Crippen LogP contribution in [-0.2, 0) is 0 Å². The van der Waals surface area contributed by atoms with Crippen LogP contribution in [-0.4, -0.2) is 35.1 Å². The lowest BCUT2D eigenvalue weighted by Gasteiger charge is -2.02. The number of allylic oxidation sites excluding steroid dienone is 2. The van der Waals surface area contributed by atoms with E-state index in [1.807, 2.05) is 0 Å². The Hall–Kier alpha value is -1.81. The van der Waals surface area contributed by atoms with Crippen molar-refractivity contribution in [2.24, 2.45) is 4.99 Å². The van der Waals surface area contributed by atoms with Crippen LogP contribution in [0.2, 0.25) is 0 Å². The van der Waals surface area contributed by atoms with Gasteiger partial charge in [-0.15, -0.1) is 0 Å². The first-order valence-corrected chi connectivity index (χ1v) is 8.67. The predicted molar refractivity (Wildman–Crippen MR) is 98.0 cm³/mol. The summed E-state index contributed by atoms with van der Waals surface area (Å²) in [5.74, 6) is 0. The van der Waals surface area contributed by atoms with E-state index in [-0.39, 0.29) is 0 Å². The van der Waals surface area contributed by atoms with Crippen LogP contribution in [0.5, 0.6) is 0 Å². The molecule has 1 N–H and O–H groups in total. The maximum Gasteiger partial charge on any atom is 0.360 e. The van der Waals surface area contributed by atoms with Gasteiger partial charge in [0, 0.05) is 24.0 Å². The van der Waals surface area contributed by atoms with Gasteiger partial charge in [-0.3, -0.25) is 4.58 Å². The Labute approximate surface area is 136 Å². The normalized spacial score (nSPS) is 18.4. The maximum atomic E-state index is 4.74. The average Bonchev–Trinajstić information content (AvgIpc) is 3.16. The molecule has 3 rings (SSSR count). The van der Waals surface area contributed by atoms with Crippen LogP contribution in [0.1, 0.15) is 25.3 Å². The van der Waals surface area contributed by atoms with Gasteiger partial charge in [-0.1, -0.05) is 24.8 Å². The fourth-order valence-corrected chi connectivity index (χ4v) is 3.51. The average molecular weight is 312 g/mol.